The van der Waals surface area contributed by atoms with Crippen molar-refractivity contribution < 1.29 is 9.53 Å². The standard InChI is InChI=1S/C12H12N4O2/c17-12(11-13-7-14-16-11)15-9-6-18-10(9)8-4-2-1-3-5-8/h1-5,7,9-10H,6H2,(H,15,17)(H,13,14,16). The fraction of sp³-hybridized carbons (Fsp3) is 0.250. The number of carbonyl (C=O) groups excluding carboxylic acids is 1. The molecular formula is C12H12N4O2. The monoisotopic (exact) mass is 244 g/mol. The molecule has 2 aromatic rings. The van der Waals surface area contributed by atoms with Crippen molar-refractivity contribution in [1.82, 2.24) is 20.5 Å². The number of aromatic amines is 1. The van der Waals surface area contributed by atoms with Gasteiger partial charge in [0.05, 0.1) is 12.6 Å². The Morgan fingerprint density at radius 1 is 1.39 bits per heavy atom. The summed E-state index contributed by atoms with van der Waals surface area (Å²) in [6, 6.07) is 9.79. The summed E-state index contributed by atoms with van der Waals surface area (Å²) in [7, 11) is 0. The number of nitrogens with zero attached hydrogens (tertiary/aromatic N) is 2. The minimum Gasteiger partial charge on any atom is -0.369 e. The van der Waals surface area contributed by atoms with Gasteiger partial charge in [0.2, 0.25) is 5.82 Å². The van der Waals surface area contributed by atoms with Crippen molar-refractivity contribution in [3.05, 3.63) is 48.0 Å². The molecule has 92 valence electrons. The zero-order valence-electron chi connectivity index (χ0n) is 9.54. The first-order valence-corrected chi connectivity index (χ1v) is 5.67. The lowest BCUT2D eigenvalue weighted by atomic mass is 9.98. The molecule has 2 N–H and O–H groups in total. The zero-order chi connectivity index (χ0) is 12.4. The molecule has 1 aliphatic rings. The summed E-state index contributed by atoms with van der Waals surface area (Å²) < 4.78 is 5.49. The van der Waals surface area contributed by atoms with E-state index in [1.54, 1.807) is 0 Å². The van der Waals surface area contributed by atoms with Gasteiger partial charge in [-0.05, 0) is 5.56 Å². The van der Waals surface area contributed by atoms with Crippen LogP contribution in [0.2, 0.25) is 0 Å². The number of aromatic nitrogens is 3. The summed E-state index contributed by atoms with van der Waals surface area (Å²) in [6.45, 7) is 0.513. The van der Waals surface area contributed by atoms with Crippen LogP contribution in [-0.2, 0) is 4.74 Å². The second kappa shape index (κ2) is 4.58. The van der Waals surface area contributed by atoms with Crippen molar-refractivity contribution in [2.24, 2.45) is 0 Å². The van der Waals surface area contributed by atoms with Crippen molar-refractivity contribution in [2.75, 3.05) is 6.61 Å². The molecule has 1 amide bonds. The first-order chi connectivity index (χ1) is 8.84. The smallest absolute Gasteiger partial charge is 0.289 e. The molecule has 1 aromatic heterocycles. The molecule has 0 saturated carbocycles. The van der Waals surface area contributed by atoms with Gasteiger partial charge in [-0.3, -0.25) is 9.89 Å². The number of ether oxygens (including phenoxy) is 1. The molecule has 0 spiro atoms. The van der Waals surface area contributed by atoms with E-state index in [4.69, 9.17) is 4.74 Å². The first kappa shape index (κ1) is 10.9. The zero-order valence-corrected chi connectivity index (χ0v) is 9.54. The molecule has 0 bridgehead atoms. The molecule has 2 atom stereocenters. The number of hydrogen-bond acceptors (Lipinski definition) is 4. The summed E-state index contributed by atoms with van der Waals surface area (Å²) in [5.41, 5.74) is 1.06. The largest absolute Gasteiger partial charge is 0.369 e. The van der Waals surface area contributed by atoms with Gasteiger partial charge >= 0.3 is 0 Å². The number of benzene rings is 1. The maximum Gasteiger partial charge on any atom is 0.289 e. The van der Waals surface area contributed by atoms with Gasteiger partial charge in [-0.1, -0.05) is 30.3 Å². The minimum absolute atomic E-state index is 0.0231. The summed E-state index contributed by atoms with van der Waals surface area (Å²) in [5.74, 6) is -0.0459. The van der Waals surface area contributed by atoms with E-state index in [1.807, 2.05) is 30.3 Å². The SMILES string of the molecule is O=C(NC1COC1c1ccccc1)c1ncn[nH]1. The molecule has 1 aromatic carbocycles. The minimum atomic E-state index is -0.262. The van der Waals surface area contributed by atoms with E-state index < -0.39 is 0 Å². The Bertz CT molecular complexity index is 526. The van der Waals surface area contributed by atoms with Gasteiger partial charge in [0.1, 0.15) is 12.4 Å². The lowest BCUT2D eigenvalue weighted by molar-refractivity contribution is -0.0861. The van der Waals surface area contributed by atoms with Crippen LogP contribution in [0.5, 0.6) is 0 Å². The molecule has 1 fully saturated rings. The Labute approximate surface area is 103 Å². The first-order valence-electron chi connectivity index (χ1n) is 5.67. The number of amides is 1. The van der Waals surface area contributed by atoms with Gasteiger partial charge in [-0.2, -0.15) is 5.10 Å². The summed E-state index contributed by atoms with van der Waals surface area (Å²) in [4.78, 5) is 15.6. The number of H-pyrrole nitrogens is 1. The Balaban J connectivity index is 1.66. The van der Waals surface area contributed by atoms with Gasteiger partial charge in [0.25, 0.3) is 5.91 Å². The van der Waals surface area contributed by atoms with E-state index in [0.29, 0.717) is 6.61 Å². The molecule has 1 saturated heterocycles. The van der Waals surface area contributed by atoms with Crippen molar-refractivity contribution in [1.29, 1.82) is 0 Å². The number of rotatable bonds is 3. The number of carbonyl (C=O) groups is 1. The highest BCUT2D eigenvalue weighted by Gasteiger charge is 2.35. The fourth-order valence-electron chi connectivity index (χ4n) is 1.93. The number of nitrogens with one attached hydrogen (secondary N) is 2. The highest BCUT2D eigenvalue weighted by molar-refractivity contribution is 5.90. The van der Waals surface area contributed by atoms with Crippen molar-refractivity contribution in [3.63, 3.8) is 0 Å². The van der Waals surface area contributed by atoms with Crippen molar-refractivity contribution in [2.45, 2.75) is 12.1 Å². The van der Waals surface area contributed by atoms with Crippen LogP contribution in [0.1, 0.15) is 22.3 Å². The molecular weight excluding hydrogens is 232 g/mol. The highest BCUT2D eigenvalue weighted by atomic mass is 16.5. The Kier molecular flexibility index (Phi) is 2.77. The summed E-state index contributed by atoms with van der Waals surface area (Å²) in [6.07, 6.45) is 1.22. The Morgan fingerprint density at radius 2 is 2.22 bits per heavy atom. The third-order valence-electron chi connectivity index (χ3n) is 2.90. The van der Waals surface area contributed by atoms with Gasteiger partial charge in [0, 0.05) is 0 Å². The third kappa shape index (κ3) is 1.98. The molecule has 2 heterocycles. The molecule has 3 rings (SSSR count). The molecule has 0 aliphatic carbocycles. The van der Waals surface area contributed by atoms with Gasteiger partial charge < -0.3 is 10.1 Å². The molecule has 6 nitrogen and oxygen atoms in total. The molecule has 0 radical (unpaired) electrons. The normalized spacial score (nSPS) is 22.2. The van der Waals surface area contributed by atoms with E-state index >= 15 is 0 Å². The van der Waals surface area contributed by atoms with Crippen LogP contribution in [0.4, 0.5) is 0 Å². The van der Waals surface area contributed by atoms with E-state index in [0.717, 1.165) is 5.56 Å². The predicted molar refractivity (Wildman–Crippen MR) is 62.8 cm³/mol. The van der Waals surface area contributed by atoms with Crippen LogP contribution in [0.15, 0.2) is 36.7 Å². The predicted octanol–water partition coefficient (Wildman–Crippen LogP) is 0.675. The third-order valence-corrected chi connectivity index (χ3v) is 2.90. The van der Waals surface area contributed by atoms with Gasteiger partial charge in [-0.15, -0.1) is 0 Å². The van der Waals surface area contributed by atoms with Gasteiger partial charge in [0.15, 0.2) is 0 Å². The summed E-state index contributed by atoms with van der Waals surface area (Å²) >= 11 is 0. The second-order valence-electron chi connectivity index (χ2n) is 4.08. The second-order valence-corrected chi connectivity index (χ2v) is 4.08. The molecule has 18 heavy (non-hydrogen) atoms. The Morgan fingerprint density at radius 3 is 2.83 bits per heavy atom. The van der Waals surface area contributed by atoms with Crippen LogP contribution in [0.3, 0.4) is 0 Å². The molecule has 1 aliphatic heterocycles. The maximum atomic E-state index is 11.8. The Hall–Kier alpha value is -2.21. The van der Waals surface area contributed by atoms with Crippen molar-refractivity contribution in [3.8, 4) is 0 Å². The van der Waals surface area contributed by atoms with E-state index in [1.165, 1.54) is 6.33 Å². The van der Waals surface area contributed by atoms with E-state index in [-0.39, 0.29) is 23.9 Å². The molecule has 6 heteroatoms. The van der Waals surface area contributed by atoms with E-state index in [9.17, 15) is 4.79 Å². The summed E-state index contributed by atoms with van der Waals surface area (Å²) in [5, 5.41) is 9.04. The van der Waals surface area contributed by atoms with Crippen LogP contribution < -0.4 is 5.32 Å². The van der Waals surface area contributed by atoms with E-state index in [2.05, 4.69) is 20.5 Å². The number of hydrogen-bond donors (Lipinski definition) is 2. The highest BCUT2D eigenvalue weighted by Crippen LogP contribution is 2.29. The maximum absolute atomic E-state index is 11.8. The van der Waals surface area contributed by atoms with Gasteiger partial charge in [-0.25, -0.2) is 4.98 Å². The van der Waals surface area contributed by atoms with Crippen LogP contribution in [0, 0.1) is 0 Å². The van der Waals surface area contributed by atoms with Crippen LogP contribution in [-0.4, -0.2) is 33.7 Å². The average molecular weight is 244 g/mol. The lowest BCUT2D eigenvalue weighted by Gasteiger charge is -2.37. The quantitative estimate of drug-likeness (QED) is 0.831. The lowest BCUT2D eigenvalue weighted by Crippen LogP contribution is -2.51. The average Bonchev–Trinajstić information content (AvgIpc) is 2.89. The topological polar surface area (TPSA) is 79.9 Å². The van der Waals surface area contributed by atoms with Crippen molar-refractivity contribution >= 4 is 5.91 Å². The van der Waals surface area contributed by atoms with Crippen LogP contribution >= 0.6 is 0 Å². The fourth-order valence-corrected chi connectivity index (χ4v) is 1.93. The molecule has 2 unspecified atom stereocenters. The van der Waals surface area contributed by atoms with Crippen LogP contribution in [0.25, 0.3) is 0 Å².